The summed E-state index contributed by atoms with van der Waals surface area (Å²) in [5, 5.41) is 4.15. The Morgan fingerprint density at radius 2 is 2.05 bits per heavy atom. The van der Waals surface area contributed by atoms with Crippen molar-refractivity contribution in [1.29, 1.82) is 0 Å². The van der Waals surface area contributed by atoms with Gasteiger partial charge in [0, 0.05) is 16.9 Å². The largest absolute Gasteiger partial charge is 0.399 e. The van der Waals surface area contributed by atoms with Crippen LogP contribution in [-0.4, -0.2) is 12.5 Å². The van der Waals surface area contributed by atoms with Crippen molar-refractivity contribution in [3.05, 3.63) is 29.1 Å². The van der Waals surface area contributed by atoms with E-state index >= 15 is 0 Å². The maximum absolute atomic E-state index is 12.3. The number of fused-ring (bicyclic) bond motifs is 1. The molecule has 2 aromatic rings. The molecule has 1 aliphatic rings. The lowest BCUT2D eigenvalue weighted by molar-refractivity contribution is 0.0946. The van der Waals surface area contributed by atoms with Crippen LogP contribution in [0.25, 0.3) is 10.1 Å². The molecule has 1 amide bonds. The third-order valence-electron chi connectivity index (χ3n) is 4.45. The second-order valence-corrected chi connectivity index (χ2v) is 7.33. The number of anilines is 1. The number of nitrogens with two attached hydrogens (primary N) is 1. The van der Waals surface area contributed by atoms with Gasteiger partial charge in [0.15, 0.2) is 0 Å². The Hall–Kier alpha value is -1.55. The van der Waals surface area contributed by atoms with Gasteiger partial charge in [-0.05, 0) is 54.3 Å². The molecule has 4 heteroatoms. The molecule has 0 bridgehead atoms. The van der Waals surface area contributed by atoms with Crippen LogP contribution in [0, 0.1) is 11.8 Å². The number of thiophene rings is 1. The number of carbonyl (C=O) groups is 1. The molecule has 0 saturated heterocycles. The average Bonchev–Trinajstić information content (AvgIpc) is 2.89. The van der Waals surface area contributed by atoms with E-state index in [1.807, 2.05) is 24.3 Å². The molecule has 1 aromatic heterocycles. The molecule has 1 heterocycles. The van der Waals surface area contributed by atoms with E-state index in [1.165, 1.54) is 37.0 Å². The predicted octanol–water partition coefficient (Wildman–Crippen LogP) is 4.04. The molecule has 21 heavy (non-hydrogen) atoms. The summed E-state index contributed by atoms with van der Waals surface area (Å²) < 4.78 is 1.11. The van der Waals surface area contributed by atoms with E-state index in [-0.39, 0.29) is 5.91 Å². The monoisotopic (exact) mass is 302 g/mol. The first kappa shape index (κ1) is 14.4. The van der Waals surface area contributed by atoms with Crippen LogP contribution in [0.5, 0.6) is 0 Å². The average molecular weight is 302 g/mol. The maximum Gasteiger partial charge on any atom is 0.261 e. The lowest BCUT2D eigenvalue weighted by Gasteiger charge is -2.26. The van der Waals surface area contributed by atoms with Crippen molar-refractivity contribution in [3.63, 3.8) is 0 Å². The highest BCUT2D eigenvalue weighted by atomic mass is 32.1. The quantitative estimate of drug-likeness (QED) is 0.841. The van der Waals surface area contributed by atoms with Gasteiger partial charge >= 0.3 is 0 Å². The lowest BCUT2D eigenvalue weighted by atomic mass is 9.83. The van der Waals surface area contributed by atoms with E-state index in [1.54, 1.807) is 0 Å². The Kier molecular flexibility index (Phi) is 4.15. The Morgan fingerprint density at radius 1 is 1.29 bits per heavy atom. The zero-order valence-corrected chi connectivity index (χ0v) is 13.2. The van der Waals surface area contributed by atoms with Gasteiger partial charge in [-0.1, -0.05) is 19.8 Å². The van der Waals surface area contributed by atoms with E-state index in [2.05, 4.69) is 12.2 Å². The second kappa shape index (κ2) is 6.06. The molecule has 1 saturated carbocycles. The minimum absolute atomic E-state index is 0.0494. The molecular weight excluding hydrogens is 280 g/mol. The third-order valence-corrected chi connectivity index (χ3v) is 5.57. The molecule has 3 rings (SSSR count). The van der Waals surface area contributed by atoms with Crippen LogP contribution in [0.2, 0.25) is 0 Å². The molecule has 1 aromatic carbocycles. The zero-order chi connectivity index (χ0) is 14.8. The van der Waals surface area contributed by atoms with Crippen molar-refractivity contribution in [3.8, 4) is 0 Å². The molecule has 3 N–H and O–H groups in total. The fourth-order valence-corrected chi connectivity index (χ4v) is 3.99. The van der Waals surface area contributed by atoms with Crippen molar-refractivity contribution in [2.45, 2.75) is 32.6 Å². The normalized spacial score (nSPS) is 22.3. The fraction of sp³-hybridized carbons (Fsp3) is 0.471. The highest BCUT2D eigenvalue weighted by molar-refractivity contribution is 7.20. The summed E-state index contributed by atoms with van der Waals surface area (Å²) in [6.07, 6.45) is 5.07. The SMILES string of the molecule is CC1CCC(CNC(=O)c2cc3cc(N)ccc3s2)CC1. The van der Waals surface area contributed by atoms with E-state index in [0.29, 0.717) is 5.92 Å². The first-order valence-corrected chi connectivity index (χ1v) is 8.51. The van der Waals surface area contributed by atoms with Gasteiger partial charge in [-0.3, -0.25) is 4.79 Å². The van der Waals surface area contributed by atoms with Crippen LogP contribution in [0.1, 0.15) is 42.3 Å². The fourth-order valence-electron chi connectivity index (χ4n) is 3.03. The smallest absolute Gasteiger partial charge is 0.261 e. The second-order valence-electron chi connectivity index (χ2n) is 6.24. The van der Waals surface area contributed by atoms with Gasteiger partial charge in [-0.15, -0.1) is 11.3 Å². The van der Waals surface area contributed by atoms with Crippen LogP contribution >= 0.6 is 11.3 Å². The zero-order valence-electron chi connectivity index (χ0n) is 12.4. The van der Waals surface area contributed by atoms with Gasteiger partial charge in [-0.2, -0.15) is 0 Å². The topological polar surface area (TPSA) is 55.1 Å². The molecule has 0 unspecified atom stereocenters. The lowest BCUT2D eigenvalue weighted by Crippen LogP contribution is -2.30. The number of rotatable bonds is 3. The minimum Gasteiger partial charge on any atom is -0.399 e. The molecule has 0 aliphatic heterocycles. The van der Waals surface area contributed by atoms with Crippen molar-refractivity contribution in [1.82, 2.24) is 5.32 Å². The van der Waals surface area contributed by atoms with Gasteiger partial charge in [0.05, 0.1) is 4.88 Å². The summed E-state index contributed by atoms with van der Waals surface area (Å²) in [5.74, 6) is 1.55. The third kappa shape index (κ3) is 3.38. The van der Waals surface area contributed by atoms with Crippen molar-refractivity contribution >= 4 is 33.0 Å². The van der Waals surface area contributed by atoms with Crippen molar-refractivity contribution in [2.24, 2.45) is 11.8 Å². The number of hydrogen-bond acceptors (Lipinski definition) is 3. The first-order chi connectivity index (χ1) is 10.1. The van der Waals surface area contributed by atoms with Gasteiger partial charge < -0.3 is 11.1 Å². The minimum atomic E-state index is 0.0494. The summed E-state index contributed by atoms with van der Waals surface area (Å²) in [5.41, 5.74) is 6.52. The molecule has 1 aliphatic carbocycles. The van der Waals surface area contributed by atoms with Crippen LogP contribution < -0.4 is 11.1 Å². The number of amides is 1. The Bertz CT molecular complexity index is 641. The molecule has 1 fully saturated rings. The predicted molar refractivity (Wildman–Crippen MR) is 89.7 cm³/mol. The standard InChI is InChI=1S/C17H22N2OS/c1-11-2-4-12(5-3-11)10-19-17(20)16-9-13-8-14(18)6-7-15(13)21-16/h6-9,11-12H,2-5,10,18H2,1H3,(H,19,20). The number of nitrogens with one attached hydrogen (secondary N) is 1. The Balaban J connectivity index is 1.61. The Morgan fingerprint density at radius 3 is 2.81 bits per heavy atom. The van der Waals surface area contributed by atoms with E-state index < -0.39 is 0 Å². The van der Waals surface area contributed by atoms with Crippen LogP contribution in [0.4, 0.5) is 5.69 Å². The van der Waals surface area contributed by atoms with Crippen molar-refractivity contribution < 1.29 is 4.79 Å². The van der Waals surface area contributed by atoms with E-state index in [9.17, 15) is 4.79 Å². The van der Waals surface area contributed by atoms with Gasteiger partial charge in [0.25, 0.3) is 5.91 Å². The summed E-state index contributed by atoms with van der Waals surface area (Å²) in [6, 6.07) is 7.72. The maximum atomic E-state index is 12.3. The summed E-state index contributed by atoms with van der Waals surface area (Å²) in [7, 11) is 0. The van der Waals surface area contributed by atoms with Crippen molar-refractivity contribution in [2.75, 3.05) is 12.3 Å². The Labute approximate surface area is 129 Å². The number of benzene rings is 1. The molecular formula is C17H22N2OS. The highest BCUT2D eigenvalue weighted by Crippen LogP contribution is 2.29. The molecule has 0 spiro atoms. The molecule has 112 valence electrons. The molecule has 3 nitrogen and oxygen atoms in total. The summed E-state index contributed by atoms with van der Waals surface area (Å²) >= 11 is 1.53. The summed E-state index contributed by atoms with van der Waals surface area (Å²) in [4.78, 5) is 13.1. The number of nitrogen functional groups attached to an aromatic ring is 1. The van der Waals surface area contributed by atoms with Gasteiger partial charge in [0.1, 0.15) is 0 Å². The highest BCUT2D eigenvalue weighted by Gasteiger charge is 2.19. The van der Waals surface area contributed by atoms with Gasteiger partial charge in [0.2, 0.25) is 0 Å². The summed E-state index contributed by atoms with van der Waals surface area (Å²) in [6.45, 7) is 3.12. The molecule has 0 radical (unpaired) electrons. The number of hydrogen-bond donors (Lipinski definition) is 2. The first-order valence-electron chi connectivity index (χ1n) is 7.69. The molecule has 0 atom stereocenters. The van der Waals surface area contributed by atoms with E-state index in [0.717, 1.165) is 33.1 Å². The van der Waals surface area contributed by atoms with Crippen LogP contribution in [-0.2, 0) is 0 Å². The van der Waals surface area contributed by atoms with Crippen LogP contribution in [0.3, 0.4) is 0 Å². The number of carbonyl (C=O) groups excluding carboxylic acids is 1. The van der Waals surface area contributed by atoms with E-state index in [4.69, 9.17) is 5.73 Å². The van der Waals surface area contributed by atoms with Crippen LogP contribution in [0.15, 0.2) is 24.3 Å². The van der Waals surface area contributed by atoms with Gasteiger partial charge in [-0.25, -0.2) is 0 Å².